The molecule has 0 nitrogen and oxygen atoms in total. The summed E-state index contributed by atoms with van der Waals surface area (Å²) in [5, 5.41) is 0. The largest absolute Gasteiger partial charge is 0.0915 e. The smallest absolute Gasteiger partial charge is 0.0906 e. The van der Waals surface area contributed by atoms with Crippen molar-refractivity contribution in [1.29, 1.82) is 0 Å². The van der Waals surface area contributed by atoms with Crippen LogP contribution in [0.3, 0.4) is 0 Å². The van der Waals surface area contributed by atoms with E-state index in [0.717, 1.165) is 0 Å². The monoisotopic (exact) mass is 97.1 g/mol. The summed E-state index contributed by atoms with van der Waals surface area (Å²) in [5.74, 6) is 0. The Morgan fingerprint density at radius 2 is 2.29 bits per heavy atom. The molecule has 0 unspecified atom stereocenters. The Hall–Kier alpha value is -0.390. The summed E-state index contributed by atoms with van der Waals surface area (Å²) < 4.78 is 0. The van der Waals surface area contributed by atoms with Crippen LogP contribution in [0.5, 0.6) is 0 Å². The lowest BCUT2D eigenvalue weighted by Crippen LogP contribution is -1.64. The Balaban J connectivity index is 2.69. The molecule has 0 aromatic heterocycles. The molecule has 0 rings (SSSR count). The van der Waals surface area contributed by atoms with E-state index >= 15 is 0 Å². The third kappa shape index (κ3) is 5.61. The van der Waals surface area contributed by atoms with E-state index in [1.807, 2.05) is 0 Å². The second kappa shape index (κ2) is 5.61. The molecule has 0 aliphatic heterocycles. The number of hydrogen-bond donors (Lipinski definition) is 0. The molecule has 0 heteroatoms. The molecule has 0 heterocycles. The molecule has 0 spiro atoms. The van der Waals surface area contributed by atoms with E-state index in [-0.39, 0.29) is 0 Å². The van der Waals surface area contributed by atoms with Crippen molar-refractivity contribution in [1.82, 2.24) is 0 Å². The molecule has 7 heavy (non-hydrogen) atoms. The highest BCUT2D eigenvalue weighted by Gasteiger charge is 1.82. The lowest BCUT2D eigenvalue weighted by atomic mass is 10.2. The first kappa shape index (κ1) is 6.61. The standard InChI is InChI=1S/C7H13/c1-3-5-7-6-4-2/h3-5H,6-7H2,1-2H3/q+1/b5-3+. The zero-order valence-electron chi connectivity index (χ0n) is 5.15. The molecule has 0 atom stereocenters. The minimum atomic E-state index is 1.20. The van der Waals surface area contributed by atoms with Gasteiger partial charge in [-0.2, -0.15) is 0 Å². The van der Waals surface area contributed by atoms with Gasteiger partial charge in [-0.1, -0.05) is 12.2 Å². The number of rotatable bonds is 3. The van der Waals surface area contributed by atoms with Gasteiger partial charge in [-0.05, 0) is 6.92 Å². The number of unbranched alkanes of at least 4 members (excludes halogenated alkanes) is 2. The minimum Gasteiger partial charge on any atom is -0.0915 e. The van der Waals surface area contributed by atoms with Crippen LogP contribution in [-0.4, -0.2) is 0 Å². The van der Waals surface area contributed by atoms with E-state index in [4.69, 9.17) is 0 Å². The normalized spacial score (nSPS) is 10.0. The minimum absolute atomic E-state index is 1.20. The van der Waals surface area contributed by atoms with Gasteiger partial charge in [0.05, 0.1) is 19.8 Å². The molecule has 0 fully saturated rings. The summed E-state index contributed by atoms with van der Waals surface area (Å²) >= 11 is 0. The number of hydrogen-bond acceptors (Lipinski definition) is 0. The van der Waals surface area contributed by atoms with Crippen LogP contribution in [0, 0.1) is 6.42 Å². The van der Waals surface area contributed by atoms with Crippen molar-refractivity contribution in [2.75, 3.05) is 0 Å². The van der Waals surface area contributed by atoms with Crippen molar-refractivity contribution in [3.63, 3.8) is 0 Å². The van der Waals surface area contributed by atoms with Crippen LogP contribution in [0.4, 0.5) is 0 Å². The van der Waals surface area contributed by atoms with Gasteiger partial charge in [-0.3, -0.25) is 0 Å². The average Bonchev–Trinajstić information content (AvgIpc) is 1.69. The molecule has 40 valence electrons. The Kier molecular flexibility index (Phi) is 5.30. The van der Waals surface area contributed by atoms with E-state index in [2.05, 4.69) is 32.4 Å². The fourth-order valence-electron chi connectivity index (χ4n) is 0.430. The summed E-state index contributed by atoms with van der Waals surface area (Å²) in [6.07, 6.45) is 8.86. The quantitative estimate of drug-likeness (QED) is 0.288. The third-order valence-corrected chi connectivity index (χ3v) is 0.858. The zero-order valence-corrected chi connectivity index (χ0v) is 5.15. The molecule has 0 radical (unpaired) electrons. The molecule has 0 aliphatic rings. The van der Waals surface area contributed by atoms with Gasteiger partial charge in [0.25, 0.3) is 0 Å². The first-order valence-corrected chi connectivity index (χ1v) is 2.80. The SMILES string of the molecule is C/C=C/CC[CH+]C. The molecule has 0 bridgehead atoms. The molecular weight excluding hydrogens is 84.1 g/mol. The Labute approximate surface area is 46.2 Å². The fourth-order valence-corrected chi connectivity index (χ4v) is 0.430. The fraction of sp³-hybridized carbons (Fsp3) is 0.571. The van der Waals surface area contributed by atoms with E-state index in [9.17, 15) is 0 Å². The first-order chi connectivity index (χ1) is 3.41. The summed E-state index contributed by atoms with van der Waals surface area (Å²) in [5.41, 5.74) is 0. The van der Waals surface area contributed by atoms with E-state index in [0.29, 0.717) is 0 Å². The van der Waals surface area contributed by atoms with Crippen LogP contribution in [-0.2, 0) is 0 Å². The van der Waals surface area contributed by atoms with E-state index < -0.39 is 0 Å². The lowest BCUT2D eigenvalue weighted by Gasteiger charge is -1.76. The molecular formula is C7H13+. The van der Waals surface area contributed by atoms with Crippen molar-refractivity contribution in [2.24, 2.45) is 0 Å². The molecule has 0 saturated carbocycles. The first-order valence-electron chi connectivity index (χ1n) is 2.80. The molecule has 0 N–H and O–H groups in total. The summed E-state index contributed by atoms with van der Waals surface area (Å²) in [6.45, 7) is 4.14. The summed E-state index contributed by atoms with van der Waals surface area (Å²) in [7, 11) is 0. The highest BCUT2D eigenvalue weighted by Crippen LogP contribution is 1.92. The summed E-state index contributed by atoms with van der Waals surface area (Å²) in [4.78, 5) is 0. The van der Waals surface area contributed by atoms with Gasteiger partial charge >= 0.3 is 0 Å². The number of allylic oxidation sites excluding steroid dienone is 2. The highest BCUT2D eigenvalue weighted by atomic mass is 13.8. The predicted molar refractivity (Wildman–Crippen MR) is 34.0 cm³/mol. The maximum absolute atomic E-state index is 2.18. The Bertz CT molecular complexity index is 44.0. The van der Waals surface area contributed by atoms with Crippen LogP contribution in [0.1, 0.15) is 26.7 Å². The molecule has 0 aliphatic carbocycles. The molecule has 0 saturated heterocycles. The van der Waals surface area contributed by atoms with Crippen LogP contribution >= 0.6 is 0 Å². The van der Waals surface area contributed by atoms with Gasteiger partial charge in [0, 0.05) is 6.42 Å². The second-order valence-corrected chi connectivity index (χ2v) is 1.55. The van der Waals surface area contributed by atoms with Gasteiger partial charge in [0.1, 0.15) is 0 Å². The van der Waals surface area contributed by atoms with Crippen LogP contribution < -0.4 is 0 Å². The average molecular weight is 97.2 g/mol. The van der Waals surface area contributed by atoms with Crippen molar-refractivity contribution in [3.05, 3.63) is 18.6 Å². The predicted octanol–water partition coefficient (Wildman–Crippen LogP) is 2.57. The zero-order chi connectivity index (χ0) is 5.54. The highest BCUT2D eigenvalue weighted by molar-refractivity contribution is 4.78. The van der Waals surface area contributed by atoms with E-state index in [1.54, 1.807) is 0 Å². The van der Waals surface area contributed by atoms with Gasteiger partial charge in [0.15, 0.2) is 0 Å². The maximum Gasteiger partial charge on any atom is 0.0906 e. The van der Waals surface area contributed by atoms with Gasteiger partial charge < -0.3 is 0 Å². The Morgan fingerprint density at radius 3 is 2.71 bits per heavy atom. The molecule has 0 aromatic carbocycles. The van der Waals surface area contributed by atoms with Crippen LogP contribution in [0.15, 0.2) is 12.2 Å². The van der Waals surface area contributed by atoms with Crippen molar-refractivity contribution >= 4 is 0 Å². The van der Waals surface area contributed by atoms with Gasteiger partial charge in [-0.15, -0.1) is 0 Å². The van der Waals surface area contributed by atoms with Crippen molar-refractivity contribution in [2.45, 2.75) is 26.7 Å². The van der Waals surface area contributed by atoms with E-state index in [1.165, 1.54) is 12.8 Å². The lowest BCUT2D eigenvalue weighted by molar-refractivity contribution is 0.972. The third-order valence-electron chi connectivity index (χ3n) is 0.858. The van der Waals surface area contributed by atoms with Crippen molar-refractivity contribution in [3.8, 4) is 0 Å². The Morgan fingerprint density at radius 1 is 1.57 bits per heavy atom. The van der Waals surface area contributed by atoms with Gasteiger partial charge in [0.2, 0.25) is 0 Å². The topological polar surface area (TPSA) is 0 Å². The van der Waals surface area contributed by atoms with Crippen LogP contribution in [0.25, 0.3) is 0 Å². The molecule has 0 aromatic rings. The maximum atomic E-state index is 2.18. The van der Waals surface area contributed by atoms with Crippen molar-refractivity contribution < 1.29 is 0 Å². The summed E-state index contributed by atoms with van der Waals surface area (Å²) in [6, 6.07) is 0. The van der Waals surface area contributed by atoms with Gasteiger partial charge in [-0.25, -0.2) is 0 Å². The van der Waals surface area contributed by atoms with Crippen LogP contribution in [0.2, 0.25) is 0 Å². The second-order valence-electron chi connectivity index (χ2n) is 1.55. The molecule has 0 amide bonds.